The molecule has 0 amide bonds. The van der Waals surface area contributed by atoms with Crippen molar-refractivity contribution in [2.45, 2.75) is 13.0 Å². The van der Waals surface area contributed by atoms with Crippen LogP contribution < -0.4 is 10.6 Å². The van der Waals surface area contributed by atoms with Gasteiger partial charge < -0.3 is 9.88 Å². The van der Waals surface area contributed by atoms with Crippen molar-refractivity contribution in [3.63, 3.8) is 0 Å². The van der Waals surface area contributed by atoms with Crippen LogP contribution >= 0.6 is 27.5 Å². The maximum atomic E-state index is 12.7. The van der Waals surface area contributed by atoms with Crippen LogP contribution in [-0.2, 0) is 20.6 Å². The number of H-pyrrole nitrogens is 1. The van der Waals surface area contributed by atoms with Crippen molar-refractivity contribution in [2.24, 2.45) is 14.1 Å². The van der Waals surface area contributed by atoms with E-state index in [0.717, 1.165) is 68.8 Å². The zero-order valence-corrected chi connectivity index (χ0v) is 25.4. The Balaban J connectivity index is 1.39. The molecule has 0 unspecified atom stereocenters. The molecule has 0 bridgehead atoms. The first-order chi connectivity index (χ1) is 20.3. The van der Waals surface area contributed by atoms with Gasteiger partial charge in [0.1, 0.15) is 12.2 Å². The van der Waals surface area contributed by atoms with Crippen LogP contribution in [0.25, 0.3) is 50.2 Å². The van der Waals surface area contributed by atoms with Crippen molar-refractivity contribution < 1.29 is 0 Å². The van der Waals surface area contributed by atoms with Gasteiger partial charge in [-0.15, -0.1) is 0 Å². The zero-order chi connectivity index (χ0) is 29.1. The van der Waals surface area contributed by atoms with E-state index in [9.17, 15) is 4.79 Å². The fourth-order valence-corrected chi connectivity index (χ4v) is 6.06. The molecule has 0 saturated carbocycles. The Kier molecular flexibility index (Phi) is 6.39. The standard InChI is InChI=1S/C29H26BrClN10O/c1-37(9-4-10-40-15-18(31)13-35-40)27-25-28(34-16-33-27)41(19-6-8-23-24(12-19)39(3)29(42)38(23)2)26(36-25)21-14-32-22-11-17(30)5-7-20(21)22/h5-8,11-16,32H,4,9-10H2,1-3H3. The Labute approximate surface area is 253 Å². The first-order valence-electron chi connectivity index (χ1n) is 13.4. The molecule has 0 fully saturated rings. The van der Waals surface area contributed by atoms with E-state index in [1.807, 2.05) is 59.0 Å². The van der Waals surface area contributed by atoms with Gasteiger partial charge in [0.2, 0.25) is 0 Å². The fraction of sp³-hybridized carbons (Fsp3) is 0.207. The van der Waals surface area contributed by atoms with Crippen molar-refractivity contribution in [3.05, 3.63) is 81.3 Å². The number of nitrogens with one attached hydrogen (secondary N) is 1. The van der Waals surface area contributed by atoms with Gasteiger partial charge in [0.05, 0.1) is 27.9 Å². The number of aromatic nitrogens is 9. The summed E-state index contributed by atoms with van der Waals surface area (Å²) in [7, 11) is 5.57. The molecule has 0 aliphatic rings. The third-order valence-electron chi connectivity index (χ3n) is 7.67. The molecule has 42 heavy (non-hydrogen) atoms. The Hall–Kier alpha value is -4.42. The molecule has 7 rings (SSSR count). The second kappa shape index (κ2) is 10.1. The van der Waals surface area contributed by atoms with Crippen LogP contribution in [0.4, 0.5) is 5.82 Å². The van der Waals surface area contributed by atoms with Gasteiger partial charge in [-0.2, -0.15) is 5.10 Å². The van der Waals surface area contributed by atoms with Crippen LogP contribution in [-0.4, -0.2) is 57.0 Å². The second-order valence-corrected chi connectivity index (χ2v) is 11.7. The lowest BCUT2D eigenvalue weighted by Gasteiger charge is -2.18. The summed E-state index contributed by atoms with van der Waals surface area (Å²) in [5.74, 6) is 1.45. The van der Waals surface area contributed by atoms with Crippen LogP contribution in [0.1, 0.15) is 6.42 Å². The quantitative estimate of drug-likeness (QED) is 0.252. The normalized spacial score (nSPS) is 11.8. The Morgan fingerprint density at radius 1 is 1.07 bits per heavy atom. The number of aromatic amines is 1. The van der Waals surface area contributed by atoms with E-state index in [1.54, 1.807) is 35.8 Å². The number of rotatable bonds is 7. The molecular weight excluding hydrogens is 620 g/mol. The molecular formula is C29H26BrClN10O. The lowest BCUT2D eigenvalue weighted by atomic mass is 10.1. The summed E-state index contributed by atoms with van der Waals surface area (Å²) in [5.41, 5.74) is 5.71. The molecule has 0 aliphatic heterocycles. The van der Waals surface area contributed by atoms with E-state index in [-0.39, 0.29) is 5.69 Å². The second-order valence-electron chi connectivity index (χ2n) is 10.3. The number of imidazole rings is 2. The number of fused-ring (bicyclic) bond motifs is 3. The molecule has 2 aromatic carbocycles. The van der Waals surface area contributed by atoms with E-state index < -0.39 is 0 Å². The van der Waals surface area contributed by atoms with Gasteiger partial charge in [-0.05, 0) is 36.8 Å². The average Bonchev–Trinajstić information content (AvgIpc) is 3.74. The highest BCUT2D eigenvalue weighted by Crippen LogP contribution is 2.36. The molecule has 0 saturated heterocycles. The number of benzene rings is 2. The minimum absolute atomic E-state index is 0.0799. The fourth-order valence-electron chi connectivity index (χ4n) is 5.54. The Bertz CT molecular complexity index is 2190. The molecule has 0 spiro atoms. The third kappa shape index (κ3) is 4.29. The van der Waals surface area contributed by atoms with Gasteiger partial charge in [0.25, 0.3) is 0 Å². The predicted octanol–water partition coefficient (Wildman–Crippen LogP) is 5.29. The smallest absolute Gasteiger partial charge is 0.328 e. The maximum absolute atomic E-state index is 12.7. The van der Waals surface area contributed by atoms with E-state index in [4.69, 9.17) is 21.6 Å². The molecule has 11 nitrogen and oxygen atoms in total. The SMILES string of the molecule is CN(CCCn1cc(Cl)cn1)c1ncnc2c1nc(-c1c[nH]c3cc(Br)ccc13)n2-c1ccc2c(c1)n(C)c(=O)n2C. The van der Waals surface area contributed by atoms with Crippen molar-refractivity contribution in [1.29, 1.82) is 0 Å². The molecule has 1 N–H and O–H groups in total. The van der Waals surface area contributed by atoms with Crippen molar-refractivity contribution in [2.75, 3.05) is 18.5 Å². The van der Waals surface area contributed by atoms with Gasteiger partial charge in [-0.3, -0.25) is 18.4 Å². The maximum Gasteiger partial charge on any atom is 0.328 e. The number of hydrogen-bond donors (Lipinski definition) is 1. The number of anilines is 1. The van der Waals surface area contributed by atoms with Crippen LogP contribution in [0, 0.1) is 0 Å². The summed E-state index contributed by atoms with van der Waals surface area (Å²) in [6.07, 6.45) is 7.84. The van der Waals surface area contributed by atoms with Crippen LogP contribution in [0.5, 0.6) is 0 Å². The summed E-state index contributed by atoms with van der Waals surface area (Å²) in [6.45, 7) is 1.46. The van der Waals surface area contributed by atoms with Crippen LogP contribution in [0.15, 0.2) is 70.6 Å². The van der Waals surface area contributed by atoms with Gasteiger partial charge in [0.15, 0.2) is 17.0 Å². The minimum atomic E-state index is -0.0799. The number of halogens is 2. The Morgan fingerprint density at radius 3 is 2.71 bits per heavy atom. The summed E-state index contributed by atoms with van der Waals surface area (Å²) in [5, 5.41) is 5.93. The van der Waals surface area contributed by atoms with Gasteiger partial charge in [-0.1, -0.05) is 33.6 Å². The monoisotopic (exact) mass is 644 g/mol. The highest BCUT2D eigenvalue weighted by atomic mass is 79.9. The van der Waals surface area contributed by atoms with E-state index in [1.165, 1.54) is 0 Å². The lowest BCUT2D eigenvalue weighted by Crippen LogP contribution is -2.21. The van der Waals surface area contributed by atoms with Crippen molar-refractivity contribution in [3.8, 4) is 17.1 Å². The van der Waals surface area contributed by atoms with Crippen LogP contribution in [0.3, 0.4) is 0 Å². The van der Waals surface area contributed by atoms with Crippen molar-refractivity contribution >= 4 is 66.4 Å². The minimum Gasteiger partial charge on any atom is -0.360 e. The number of nitrogens with zero attached hydrogens (tertiary/aromatic N) is 9. The summed E-state index contributed by atoms with van der Waals surface area (Å²) < 4.78 is 8.17. The molecule has 5 aromatic heterocycles. The zero-order valence-electron chi connectivity index (χ0n) is 23.1. The van der Waals surface area contributed by atoms with E-state index in [2.05, 4.69) is 42.0 Å². The largest absolute Gasteiger partial charge is 0.360 e. The van der Waals surface area contributed by atoms with Gasteiger partial charge in [0, 0.05) is 67.6 Å². The number of hydrogen-bond acceptors (Lipinski definition) is 6. The Morgan fingerprint density at radius 2 is 1.90 bits per heavy atom. The molecule has 7 aromatic rings. The molecule has 212 valence electrons. The van der Waals surface area contributed by atoms with E-state index >= 15 is 0 Å². The average molecular weight is 646 g/mol. The topological polar surface area (TPSA) is 107 Å². The molecule has 0 radical (unpaired) electrons. The van der Waals surface area contributed by atoms with Gasteiger partial charge >= 0.3 is 5.69 Å². The lowest BCUT2D eigenvalue weighted by molar-refractivity contribution is 0.577. The van der Waals surface area contributed by atoms with Crippen LogP contribution in [0.2, 0.25) is 5.02 Å². The highest BCUT2D eigenvalue weighted by molar-refractivity contribution is 9.10. The first-order valence-corrected chi connectivity index (χ1v) is 14.5. The third-order valence-corrected chi connectivity index (χ3v) is 8.36. The summed E-state index contributed by atoms with van der Waals surface area (Å²) in [4.78, 5) is 32.7. The molecule has 13 heteroatoms. The summed E-state index contributed by atoms with van der Waals surface area (Å²) >= 11 is 9.59. The number of aryl methyl sites for hydroxylation is 3. The summed E-state index contributed by atoms with van der Waals surface area (Å²) in [6, 6.07) is 12.1. The van der Waals surface area contributed by atoms with E-state index in [0.29, 0.717) is 16.2 Å². The predicted molar refractivity (Wildman–Crippen MR) is 168 cm³/mol. The highest BCUT2D eigenvalue weighted by Gasteiger charge is 2.23. The van der Waals surface area contributed by atoms with Gasteiger partial charge in [-0.25, -0.2) is 19.7 Å². The molecule has 5 heterocycles. The first kappa shape index (κ1) is 26.5. The molecule has 0 aliphatic carbocycles. The van der Waals surface area contributed by atoms with Crippen molar-refractivity contribution in [1.82, 2.24) is 43.4 Å². The molecule has 0 atom stereocenters.